The minimum absolute atomic E-state index is 0. The van der Waals surface area contributed by atoms with E-state index in [2.05, 4.69) is 0 Å². The van der Waals surface area contributed by atoms with Gasteiger partial charge in [-0.3, -0.25) is 0 Å². The fraction of sp³-hybridized carbons (Fsp3) is 0.400. The molecule has 1 aromatic carbocycles. The zero-order valence-corrected chi connectivity index (χ0v) is 9.69. The first kappa shape index (κ1) is 14.6. The highest BCUT2D eigenvalue weighted by molar-refractivity contribution is 6.30. The average Bonchev–Trinajstić information content (AvgIpc) is 2.18. The molecular weight excluding hydrogens is 240 g/mol. The van der Waals surface area contributed by atoms with Crippen LogP contribution in [0.4, 0.5) is 4.39 Å². The lowest BCUT2D eigenvalue weighted by Gasteiger charge is -2.11. The van der Waals surface area contributed by atoms with Gasteiger partial charge in [0.15, 0.2) is 0 Å². The van der Waals surface area contributed by atoms with Gasteiger partial charge in [0.25, 0.3) is 0 Å². The van der Waals surface area contributed by atoms with E-state index in [4.69, 9.17) is 22.4 Å². The first-order chi connectivity index (χ1) is 6.65. The van der Waals surface area contributed by atoms with Crippen molar-refractivity contribution in [3.8, 4) is 0 Å². The smallest absolute Gasteiger partial charge is 0.142 e. The van der Waals surface area contributed by atoms with Crippen LogP contribution in [0.25, 0.3) is 0 Å². The summed E-state index contributed by atoms with van der Waals surface area (Å²) in [6.07, 6.45) is 1.25. The lowest BCUT2D eigenvalue weighted by Crippen LogP contribution is -2.11. The number of halogens is 3. The Morgan fingerprint density at radius 3 is 2.67 bits per heavy atom. The summed E-state index contributed by atoms with van der Waals surface area (Å²) in [5.74, 6) is -0.455. The Morgan fingerprint density at radius 1 is 1.47 bits per heavy atom. The number of aliphatic hydroxyl groups excluding tert-OH is 1. The van der Waals surface area contributed by atoms with Crippen LogP contribution in [0.1, 0.15) is 24.4 Å². The standard InChI is InChI=1S/C10H13ClFNO.ClH/c11-8-4-3-7(6-9(8)12)10(13)2-1-5-14;/h3-4,6,10,14H,1-2,5,13H2;1H/t10-;/m0./s1. The summed E-state index contributed by atoms with van der Waals surface area (Å²) in [6, 6.07) is 4.29. The van der Waals surface area contributed by atoms with Gasteiger partial charge in [-0.1, -0.05) is 17.7 Å². The Balaban J connectivity index is 0.00000196. The third-order valence-corrected chi connectivity index (χ3v) is 2.35. The molecule has 0 aliphatic rings. The zero-order valence-electron chi connectivity index (χ0n) is 8.12. The van der Waals surface area contributed by atoms with Crippen molar-refractivity contribution >= 4 is 24.0 Å². The summed E-state index contributed by atoms with van der Waals surface area (Å²) < 4.78 is 13.0. The monoisotopic (exact) mass is 253 g/mol. The molecule has 5 heteroatoms. The molecular formula is C10H14Cl2FNO. The van der Waals surface area contributed by atoms with Crippen LogP contribution in [-0.2, 0) is 0 Å². The number of nitrogens with two attached hydrogens (primary N) is 1. The molecule has 0 heterocycles. The van der Waals surface area contributed by atoms with Gasteiger partial charge in [-0.05, 0) is 30.5 Å². The molecule has 0 fully saturated rings. The van der Waals surface area contributed by atoms with Crippen LogP contribution in [0.3, 0.4) is 0 Å². The molecule has 3 N–H and O–H groups in total. The van der Waals surface area contributed by atoms with E-state index in [1.54, 1.807) is 6.07 Å². The van der Waals surface area contributed by atoms with Gasteiger partial charge < -0.3 is 10.8 Å². The summed E-state index contributed by atoms with van der Waals surface area (Å²) in [5.41, 5.74) is 6.49. The number of benzene rings is 1. The summed E-state index contributed by atoms with van der Waals surface area (Å²) in [5, 5.41) is 8.71. The highest BCUT2D eigenvalue weighted by atomic mass is 35.5. The molecule has 2 nitrogen and oxygen atoms in total. The highest BCUT2D eigenvalue weighted by Crippen LogP contribution is 2.21. The molecule has 0 amide bonds. The third kappa shape index (κ3) is 4.34. The predicted molar refractivity (Wildman–Crippen MR) is 61.9 cm³/mol. The lowest BCUT2D eigenvalue weighted by molar-refractivity contribution is 0.280. The molecule has 0 unspecified atom stereocenters. The normalized spacial score (nSPS) is 12.0. The summed E-state index contributed by atoms with van der Waals surface area (Å²) >= 11 is 5.53. The van der Waals surface area contributed by atoms with Gasteiger partial charge in [-0.2, -0.15) is 0 Å². The predicted octanol–water partition coefficient (Wildman–Crippen LogP) is 2.67. The molecule has 0 aromatic heterocycles. The van der Waals surface area contributed by atoms with Crippen LogP contribution in [0.15, 0.2) is 18.2 Å². The van der Waals surface area contributed by atoms with E-state index >= 15 is 0 Å². The lowest BCUT2D eigenvalue weighted by atomic mass is 10.0. The van der Waals surface area contributed by atoms with E-state index in [0.29, 0.717) is 18.4 Å². The van der Waals surface area contributed by atoms with Gasteiger partial charge >= 0.3 is 0 Å². The molecule has 0 aliphatic heterocycles. The minimum Gasteiger partial charge on any atom is -0.396 e. The molecule has 0 saturated heterocycles. The minimum atomic E-state index is -0.455. The van der Waals surface area contributed by atoms with Gasteiger partial charge in [0.05, 0.1) is 5.02 Å². The van der Waals surface area contributed by atoms with Crippen molar-refractivity contribution in [3.05, 3.63) is 34.6 Å². The molecule has 0 saturated carbocycles. The van der Waals surface area contributed by atoms with Crippen LogP contribution in [0.2, 0.25) is 5.02 Å². The van der Waals surface area contributed by atoms with Crippen molar-refractivity contribution in [2.75, 3.05) is 6.61 Å². The average molecular weight is 254 g/mol. The maximum atomic E-state index is 13.0. The molecule has 86 valence electrons. The largest absolute Gasteiger partial charge is 0.396 e. The van der Waals surface area contributed by atoms with Gasteiger partial charge in [0, 0.05) is 12.6 Å². The third-order valence-electron chi connectivity index (χ3n) is 2.05. The number of rotatable bonds is 4. The Labute approximate surface area is 99.6 Å². The van der Waals surface area contributed by atoms with E-state index in [-0.39, 0.29) is 30.1 Å². The number of hydrogen-bond donors (Lipinski definition) is 2. The van der Waals surface area contributed by atoms with Gasteiger partial charge in [0.2, 0.25) is 0 Å². The van der Waals surface area contributed by atoms with Crippen molar-refractivity contribution in [1.82, 2.24) is 0 Å². The van der Waals surface area contributed by atoms with Gasteiger partial charge in [-0.15, -0.1) is 12.4 Å². The van der Waals surface area contributed by atoms with E-state index in [9.17, 15) is 4.39 Å². The van der Waals surface area contributed by atoms with Crippen LogP contribution in [0.5, 0.6) is 0 Å². The molecule has 1 atom stereocenters. The fourth-order valence-corrected chi connectivity index (χ4v) is 1.34. The Bertz CT molecular complexity index is 309. The summed E-state index contributed by atoms with van der Waals surface area (Å²) in [4.78, 5) is 0. The molecule has 0 radical (unpaired) electrons. The Hall–Kier alpha value is -0.350. The second kappa shape index (κ2) is 7.01. The maximum Gasteiger partial charge on any atom is 0.142 e. The van der Waals surface area contributed by atoms with E-state index in [0.717, 1.165) is 0 Å². The Kier molecular flexibility index (Phi) is 6.85. The summed E-state index contributed by atoms with van der Waals surface area (Å²) in [6.45, 7) is 0.101. The Morgan fingerprint density at radius 2 is 2.13 bits per heavy atom. The van der Waals surface area contributed by atoms with Crippen molar-refractivity contribution in [2.24, 2.45) is 5.73 Å². The van der Waals surface area contributed by atoms with Gasteiger partial charge in [0.1, 0.15) is 5.82 Å². The van der Waals surface area contributed by atoms with Crippen LogP contribution < -0.4 is 5.73 Å². The molecule has 0 aliphatic carbocycles. The first-order valence-corrected chi connectivity index (χ1v) is 4.84. The van der Waals surface area contributed by atoms with Crippen LogP contribution >= 0.6 is 24.0 Å². The molecule has 0 spiro atoms. The van der Waals surface area contributed by atoms with Crippen LogP contribution in [-0.4, -0.2) is 11.7 Å². The molecule has 0 bridgehead atoms. The van der Waals surface area contributed by atoms with Crippen LogP contribution in [0, 0.1) is 5.82 Å². The molecule has 15 heavy (non-hydrogen) atoms. The van der Waals surface area contributed by atoms with Crippen molar-refractivity contribution < 1.29 is 9.50 Å². The number of hydrogen-bond acceptors (Lipinski definition) is 2. The summed E-state index contributed by atoms with van der Waals surface area (Å²) in [7, 11) is 0. The number of aliphatic hydroxyl groups is 1. The highest BCUT2D eigenvalue weighted by Gasteiger charge is 2.08. The van der Waals surface area contributed by atoms with E-state index < -0.39 is 5.82 Å². The first-order valence-electron chi connectivity index (χ1n) is 4.46. The topological polar surface area (TPSA) is 46.2 Å². The van der Waals surface area contributed by atoms with E-state index in [1.807, 2.05) is 0 Å². The second-order valence-electron chi connectivity index (χ2n) is 3.15. The van der Waals surface area contributed by atoms with Crippen molar-refractivity contribution in [1.29, 1.82) is 0 Å². The van der Waals surface area contributed by atoms with Crippen molar-refractivity contribution in [3.63, 3.8) is 0 Å². The van der Waals surface area contributed by atoms with Crippen molar-refractivity contribution in [2.45, 2.75) is 18.9 Å². The molecule has 1 aromatic rings. The SMILES string of the molecule is Cl.N[C@@H](CCCO)c1ccc(Cl)c(F)c1. The second-order valence-corrected chi connectivity index (χ2v) is 3.55. The quantitative estimate of drug-likeness (QED) is 0.867. The maximum absolute atomic E-state index is 13.0. The fourth-order valence-electron chi connectivity index (χ4n) is 1.22. The molecule has 1 rings (SSSR count). The van der Waals surface area contributed by atoms with E-state index in [1.165, 1.54) is 12.1 Å². The zero-order chi connectivity index (χ0) is 10.6. The van der Waals surface area contributed by atoms with Gasteiger partial charge in [-0.25, -0.2) is 4.39 Å².